The number of aliphatic carboxylic acids is 1. The van der Waals surface area contributed by atoms with Gasteiger partial charge in [0, 0.05) is 13.1 Å². The quantitative estimate of drug-likeness (QED) is 0.821. The smallest absolute Gasteiger partial charge is 0.310 e. The molecule has 6 heteroatoms. The van der Waals surface area contributed by atoms with Crippen molar-refractivity contribution in [3.8, 4) is 0 Å². The van der Waals surface area contributed by atoms with Crippen molar-refractivity contribution >= 4 is 35.1 Å². The summed E-state index contributed by atoms with van der Waals surface area (Å²) in [5.74, 6) is -1.52. The molecule has 128 valence electrons. The van der Waals surface area contributed by atoms with Gasteiger partial charge < -0.3 is 10.0 Å². The van der Waals surface area contributed by atoms with Crippen LogP contribution in [-0.2, 0) is 16.1 Å². The molecule has 1 N–H and O–H groups in total. The number of carbonyl (C=O) groups is 2. The van der Waals surface area contributed by atoms with E-state index in [9.17, 15) is 14.7 Å². The summed E-state index contributed by atoms with van der Waals surface area (Å²) in [6.07, 6.45) is 5.06. The largest absolute Gasteiger partial charge is 0.481 e. The third-order valence-corrected chi connectivity index (χ3v) is 5.93. The molecule has 0 radical (unpaired) electrons. The van der Waals surface area contributed by atoms with E-state index in [1.807, 2.05) is 18.2 Å². The van der Waals surface area contributed by atoms with Gasteiger partial charge in [-0.25, -0.2) is 0 Å². The predicted molar refractivity (Wildman–Crippen MR) is 93.0 cm³/mol. The maximum Gasteiger partial charge on any atom is 0.310 e. The Morgan fingerprint density at radius 2 is 2.12 bits per heavy atom. The molecule has 3 atom stereocenters. The van der Waals surface area contributed by atoms with Crippen LogP contribution >= 0.6 is 23.2 Å². The minimum atomic E-state index is -1.05. The number of hydrogen-bond acceptors (Lipinski definition) is 2. The van der Waals surface area contributed by atoms with Crippen LogP contribution in [0.4, 0.5) is 0 Å². The molecule has 24 heavy (non-hydrogen) atoms. The van der Waals surface area contributed by atoms with E-state index in [1.165, 1.54) is 0 Å². The lowest BCUT2D eigenvalue weighted by Gasteiger charge is -2.45. The molecule has 0 spiro atoms. The Hall–Kier alpha value is -1.52. The fourth-order valence-corrected chi connectivity index (χ4v) is 4.08. The van der Waals surface area contributed by atoms with Gasteiger partial charge in [-0.15, -0.1) is 0 Å². The monoisotopic (exact) mass is 367 g/mol. The summed E-state index contributed by atoms with van der Waals surface area (Å²) in [4.78, 5) is 26.5. The molecule has 4 nitrogen and oxygen atoms in total. The lowest BCUT2D eigenvalue weighted by atomic mass is 9.62. The zero-order valence-electron chi connectivity index (χ0n) is 13.3. The van der Waals surface area contributed by atoms with Crippen molar-refractivity contribution in [2.24, 2.45) is 17.3 Å². The molecule has 3 rings (SSSR count). The fourth-order valence-electron chi connectivity index (χ4n) is 3.76. The molecule has 1 aromatic carbocycles. The van der Waals surface area contributed by atoms with Crippen molar-refractivity contribution in [1.82, 2.24) is 4.90 Å². The first-order chi connectivity index (χ1) is 11.3. The van der Waals surface area contributed by atoms with Gasteiger partial charge in [-0.1, -0.05) is 41.4 Å². The van der Waals surface area contributed by atoms with E-state index in [1.54, 1.807) is 24.0 Å². The van der Waals surface area contributed by atoms with Gasteiger partial charge in [-0.2, -0.15) is 0 Å². The molecule has 2 aliphatic rings. The molecular formula is C18H19Cl2NO3. The molecule has 1 fully saturated rings. The van der Waals surface area contributed by atoms with Gasteiger partial charge >= 0.3 is 5.97 Å². The first-order valence-electron chi connectivity index (χ1n) is 7.95. The summed E-state index contributed by atoms with van der Waals surface area (Å²) in [7, 11) is 0. The Bertz CT molecular complexity index is 718. The summed E-state index contributed by atoms with van der Waals surface area (Å²) >= 11 is 12.0. The van der Waals surface area contributed by atoms with Crippen molar-refractivity contribution in [1.29, 1.82) is 0 Å². The number of piperidine rings is 1. The standard InChI is InChI=1S/C18H19Cl2NO3/c1-18(17(23)24)7-2-3-12-6-8-21(16(22)15(12)18)10-11-4-5-13(19)14(20)9-11/h2-5,9,12,15H,6-8,10H2,1H3,(H,23,24). The van der Waals surface area contributed by atoms with Crippen molar-refractivity contribution in [3.63, 3.8) is 0 Å². The lowest BCUT2D eigenvalue weighted by molar-refractivity contribution is -0.164. The summed E-state index contributed by atoms with van der Waals surface area (Å²) in [6.45, 7) is 2.70. The van der Waals surface area contributed by atoms with Crippen LogP contribution in [0.5, 0.6) is 0 Å². The number of rotatable bonds is 3. The topological polar surface area (TPSA) is 57.6 Å². The second-order valence-electron chi connectivity index (χ2n) is 6.79. The van der Waals surface area contributed by atoms with E-state index in [2.05, 4.69) is 0 Å². The third kappa shape index (κ3) is 2.93. The first-order valence-corrected chi connectivity index (χ1v) is 8.71. The van der Waals surface area contributed by atoms with Crippen LogP contribution in [0, 0.1) is 17.3 Å². The molecule has 1 aliphatic heterocycles. The van der Waals surface area contributed by atoms with E-state index >= 15 is 0 Å². The van der Waals surface area contributed by atoms with Crippen LogP contribution in [0.15, 0.2) is 30.4 Å². The summed E-state index contributed by atoms with van der Waals surface area (Å²) in [5, 5.41) is 10.6. The molecule has 3 unspecified atom stereocenters. The van der Waals surface area contributed by atoms with Crippen molar-refractivity contribution < 1.29 is 14.7 Å². The predicted octanol–water partition coefficient (Wildman–Crippen LogP) is 4.01. The van der Waals surface area contributed by atoms with Gasteiger partial charge in [0.1, 0.15) is 0 Å². The van der Waals surface area contributed by atoms with Crippen molar-refractivity contribution in [2.45, 2.75) is 26.3 Å². The molecule has 1 aliphatic carbocycles. The Morgan fingerprint density at radius 1 is 1.38 bits per heavy atom. The Morgan fingerprint density at radius 3 is 2.79 bits per heavy atom. The summed E-state index contributed by atoms with van der Waals surface area (Å²) in [5.41, 5.74) is -0.160. The first kappa shape index (κ1) is 17.3. The second kappa shape index (κ2) is 6.41. The number of allylic oxidation sites excluding steroid dienone is 2. The van der Waals surface area contributed by atoms with Crippen molar-refractivity contribution in [3.05, 3.63) is 46.0 Å². The minimum absolute atomic E-state index is 0.00240. The van der Waals surface area contributed by atoms with E-state index in [0.29, 0.717) is 29.6 Å². The Balaban J connectivity index is 1.85. The maximum absolute atomic E-state index is 13.0. The fraction of sp³-hybridized carbons (Fsp3) is 0.444. The number of carboxylic acid groups (broad SMARTS) is 1. The van der Waals surface area contributed by atoms with Gasteiger partial charge in [-0.05, 0) is 43.4 Å². The van der Waals surface area contributed by atoms with E-state index in [4.69, 9.17) is 23.2 Å². The van der Waals surface area contributed by atoms with Crippen LogP contribution in [0.1, 0.15) is 25.3 Å². The highest BCUT2D eigenvalue weighted by Gasteiger charge is 2.52. The maximum atomic E-state index is 13.0. The molecule has 1 heterocycles. The zero-order chi connectivity index (χ0) is 17.5. The zero-order valence-corrected chi connectivity index (χ0v) is 14.8. The van der Waals surface area contributed by atoms with E-state index < -0.39 is 17.3 Å². The average molecular weight is 368 g/mol. The summed E-state index contributed by atoms with van der Waals surface area (Å²) in [6, 6.07) is 5.30. The highest BCUT2D eigenvalue weighted by Crippen LogP contribution is 2.45. The number of amides is 1. The molecule has 1 amide bonds. The number of hydrogen-bond donors (Lipinski definition) is 1. The minimum Gasteiger partial charge on any atom is -0.481 e. The van der Waals surface area contributed by atoms with Gasteiger partial charge in [0.15, 0.2) is 0 Å². The van der Waals surface area contributed by atoms with E-state index in [0.717, 1.165) is 12.0 Å². The Labute approximate surface area is 151 Å². The second-order valence-corrected chi connectivity index (χ2v) is 7.61. The normalized spacial score (nSPS) is 29.5. The molecule has 0 bridgehead atoms. The number of nitrogens with zero attached hydrogens (tertiary/aromatic N) is 1. The number of benzene rings is 1. The number of likely N-dealkylation sites (tertiary alicyclic amines) is 1. The molecule has 1 saturated heterocycles. The highest BCUT2D eigenvalue weighted by atomic mass is 35.5. The lowest BCUT2D eigenvalue weighted by Crippen LogP contribution is -2.54. The number of carboxylic acids is 1. The van der Waals surface area contributed by atoms with Crippen LogP contribution < -0.4 is 0 Å². The Kier molecular flexibility index (Phi) is 4.63. The van der Waals surface area contributed by atoms with Gasteiger partial charge in [0.2, 0.25) is 5.91 Å². The molecule has 1 aromatic rings. The third-order valence-electron chi connectivity index (χ3n) is 5.20. The van der Waals surface area contributed by atoms with Crippen LogP contribution in [-0.4, -0.2) is 28.4 Å². The van der Waals surface area contributed by atoms with Gasteiger partial charge in [0.25, 0.3) is 0 Å². The number of carbonyl (C=O) groups excluding carboxylic acids is 1. The van der Waals surface area contributed by atoms with Gasteiger partial charge in [-0.3, -0.25) is 9.59 Å². The number of halogens is 2. The molecule has 0 aromatic heterocycles. The van der Waals surface area contributed by atoms with Gasteiger partial charge in [0.05, 0.1) is 21.4 Å². The number of fused-ring (bicyclic) bond motifs is 1. The molecular weight excluding hydrogens is 349 g/mol. The summed E-state index contributed by atoms with van der Waals surface area (Å²) < 4.78 is 0. The average Bonchev–Trinajstić information content (AvgIpc) is 2.53. The van der Waals surface area contributed by atoms with E-state index in [-0.39, 0.29) is 11.8 Å². The van der Waals surface area contributed by atoms with Crippen LogP contribution in [0.3, 0.4) is 0 Å². The highest BCUT2D eigenvalue weighted by molar-refractivity contribution is 6.42. The molecule has 0 saturated carbocycles. The SMILES string of the molecule is CC1(C(=O)O)CC=CC2CCN(Cc3ccc(Cl)c(Cl)c3)C(=O)C21. The van der Waals surface area contributed by atoms with Crippen molar-refractivity contribution in [2.75, 3.05) is 6.54 Å². The van der Waals surface area contributed by atoms with Crippen LogP contribution in [0.25, 0.3) is 0 Å². The van der Waals surface area contributed by atoms with Crippen LogP contribution in [0.2, 0.25) is 10.0 Å².